The molecule has 0 amide bonds. The van der Waals surface area contributed by atoms with Crippen LogP contribution < -0.4 is 0 Å². The van der Waals surface area contributed by atoms with Crippen LogP contribution in [0.15, 0.2) is 0 Å². The van der Waals surface area contributed by atoms with Crippen LogP contribution in [0.5, 0.6) is 0 Å². The molecule has 2 heterocycles. The third-order valence-corrected chi connectivity index (χ3v) is 4.86. The lowest BCUT2D eigenvalue weighted by Gasteiger charge is -2.42. The average molecular weight is 307 g/mol. The fraction of sp³-hybridized carbons (Fsp3) is 1.00. The van der Waals surface area contributed by atoms with Gasteiger partial charge in [0.2, 0.25) is 0 Å². The maximum atomic E-state index is 12.7. The molecule has 2 aliphatic heterocycles. The lowest BCUT2D eigenvalue weighted by molar-refractivity contribution is -0.253. The zero-order valence-electron chi connectivity index (χ0n) is 13.8. The summed E-state index contributed by atoms with van der Waals surface area (Å²) in [6, 6.07) is 0.370. The summed E-state index contributed by atoms with van der Waals surface area (Å²) in [6.45, 7) is 13.3. The summed E-state index contributed by atoms with van der Waals surface area (Å²) in [5, 5.41) is 0. The van der Waals surface area contributed by atoms with Crippen LogP contribution in [0.1, 0.15) is 41.0 Å². The summed E-state index contributed by atoms with van der Waals surface area (Å²) < 4.78 is 38.1. The van der Waals surface area contributed by atoms with E-state index in [0.29, 0.717) is 24.0 Å². The highest BCUT2D eigenvalue weighted by molar-refractivity contribution is 5.02. The van der Waals surface area contributed by atoms with E-state index in [1.165, 1.54) is 0 Å². The first-order valence-corrected chi connectivity index (χ1v) is 7.75. The minimum Gasteiger partial charge on any atom is -0.296 e. The highest BCUT2D eigenvalue weighted by Crippen LogP contribution is 2.37. The molecule has 0 aliphatic carbocycles. The molecule has 0 bridgehead atoms. The summed E-state index contributed by atoms with van der Waals surface area (Å²) in [6.07, 6.45) is -3.16. The third kappa shape index (κ3) is 3.71. The maximum Gasteiger partial charge on any atom is 0.460 e. The predicted octanol–water partition coefficient (Wildman–Crippen LogP) is 2.78. The molecule has 2 rings (SSSR count). The molecule has 2 aliphatic rings. The number of hydrogen-bond acceptors (Lipinski definition) is 3. The highest BCUT2D eigenvalue weighted by Gasteiger charge is 2.46. The van der Waals surface area contributed by atoms with E-state index in [2.05, 4.69) is 44.4 Å². The molecule has 21 heavy (non-hydrogen) atoms. The Hall–Kier alpha value is -0.330. The molecule has 0 aromatic rings. The number of hydrogen-bond donors (Lipinski definition) is 0. The number of likely N-dealkylation sites (tertiary alicyclic amines) is 1. The molecular weight excluding hydrogens is 279 g/mol. The minimum absolute atomic E-state index is 0.0893. The predicted molar refractivity (Wildman–Crippen MR) is 78.1 cm³/mol. The Morgan fingerprint density at radius 1 is 0.952 bits per heavy atom. The lowest BCUT2D eigenvalue weighted by Crippen LogP contribution is -2.55. The first kappa shape index (κ1) is 17.0. The van der Waals surface area contributed by atoms with Crippen molar-refractivity contribution in [2.45, 2.75) is 64.5 Å². The van der Waals surface area contributed by atoms with Gasteiger partial charge in [-0.3, -0.25) is 9.80 Å². The van der Waals surface area contributed by atoms with E-state index in [1.54, 1.807) is 0 Å². The zero-order valence-corrected chi connectivity index (χ0v) is 13.8. The first-order valence-electron chi connectivity index (χ1n) is 7.75. The Bertz CT molecular complexity index is 365. The molecule has 0 aromatic heterocycles. The van der Waals surface area contributed by atoms with Crippen molar-refractivity contribution in [3.05, 3.63) is 0 Å². The Morgan fingerprint density at radius 2 is 1.48 bits per heavy atom. The van der Waals surface area contributed by atoms with Crippen molar-refractivity contribution >= 4 is 0 Å². The fourth-order valence-electron chi connectivity index (χ4n) is 3.98. The Morgan fingerprint density at radius 3 is 1.86 bits per heavy atom. The Kier molecular flexibility index (Phi) is 4.37. The first-order chi connectivity index (χ1) is 9.41. The summed E-state index contributed by atoms with van der Waals surface area (Å²) >= 11 is 0. The Labute approximate surface area is 126 Å². The van der Waals surface area contributed by atoms with Crippen LogP contribution in [0.25, 0.3) is 0 Å². The minimum atomic E-state index is -4.18. The molecule has 0 radical (unpaired) electrons. The molecule has 0 N–H and O–H groups in total. The second-order valence-electron chi connectivity index (χ2n) is 7.94. The molecule has 0 aromatic carbocycles. The van der Waals surface area contributed by atoms with Gasteiger partial charge in [0.25, 0.3) is 0 Å². The lowest BCUT2D eigenvalue weighted by atomic mass is 9.95. The SMILES string of the molecule is CC(C)(C)N1CC(N2CCN(C(F)(F)F)CC2)CC1(C)C. The summed E-state index contributed by atoms with van der Waals surface area (Å²) in [7, 11) is 0. The number of piperazine rings is 1. The van der Waals surface area contributed by atoms with Gasteiger partial charge in [0.1, 0.15) is 0 Å². The van der Waals surface area contributed by atoms with Crippen molar-refractivity contribution < 1.29 is 13.2 Å². The number of rotatable bonds is 1. The quantitative estimate of drug-likeness (QED) is 0.690. The van der Waals surface area contributed by atoms with Crippen LogP contribution in [0, 0.1) is 0 Å². The highest BCUT2D eigenvalue weighted by atomic mass is 19.4. The number of alkyl halides is 3. The normalized spacial score (nSPS) is 30.0. The van der Waals surface area contributed by atoms with Crippen LogP contribution in [0.4, 0.5) is 13.2 Å². The topological polar surface area (TPSA) is 9.72 Å². The van der Waals surface area contributed by atoms with E-state index in [-0.39, 0.29) is 24.2 Å². The molecule has 124 valence electrons. The summed E-state index contributed by atoms with van der Waals surface area (Å²) in [5.74, 6) is 0. The smallest absolute Gasteiger partial charge is 0.296 e. The zero-order chi connectivity index (χ0) is 16.1. The van der Waals surface area contributed by atoms with Gasteiger partial charge >= 0.3 is 6.30 Å². The fourth-order valence-corrected chi connectivity index (χ4v) is 3.98. The molecule has 1 atom stereocenters. The van der Waals surface area contributed by atoms with E-state index in [1.807, 2.05) is 0 Å². The van der Waals surface area contributed by atoms with Crippen molar-refractivity contribution in [1.82, 2.24) is 14.7 Å². The van der Waals surface area contributed by atoms with Gasteiger partial charge in [0.05, 0.1) is 0 Å². The van der Waals surface area contributed by atoms with Gasteiger partial charge in [-0.1, -0.05) is 0 Å². The number of nitrogens with zero attached hydrogens (tertiary/aromatic N) is 3. The van der Waals surface area contributed by atoms with Crippen LogP contribution in [-0.2, 0) is 0 Å². The van der Waals surface area contributed by atoms with Crippen molar-refractivity contribution in [3.8, 4) is 0 Å². The van der Waals surface area contributed by atoms with Crippen molar-refractivity contribution in [2.24, 2.45) is 0 Å². The summed E-state index contributed by atoms with van der Waals surface area (Å²) in [5.41, 5.74) is 0.191. The third-order valence-electron chi connectivity index (χ3n) is 4.86. The van der Waals surface area contributed by atoms with E-state index >= 15 is 0 Å². The van der Waals surface area contributed by atoms with Gasteiger partial charge in [0.15, 0.2) is 0 Å². The second kappa shape index (κ2) is 5.39. The van der Waals surface area contributed by atoms with Crippen LogP contribution in [-0.4, -0.2) is 70.8 Å². The standard InChI is InChI=1S/C15H28F3N3/c1-13(2,3)21-11-12(10-14(21,4)5)19-6-8-20(9-7-19)15(16,17)18/h12H,6-11H2,1-5H3. The van der Waals surface area contributed by atoms with Gasteiger partial charge in [-0.05, 0) is 41.0 Å². The molecular formula is C15H28F3N3. The molecule has 2 saturated heterocycles. The van der Waals surface area contributed by atoms with Gasteiger partial charge in [0, 0.05) is 49.8 Å². The average Bonchev–Trinajstić information content (AvgIpc) is 2.64. The summed E-state index contributed by atoms with van der Waals surface area (Å²) in [4.78, 5) is 5.36. The van der Waals surface area contributed by atoms with E-state index < -0.39 is 6.30 Å². The van der Waals surface area contributed by atoms with Gasteiger partial charge in [-0.15, -0.1) is 0 Å². The van der Waals surface area contributed by atoms with Gasteiger partial charge < -0.3 is 0 Å². The van der Waals surface area contributed by atoms with E-state index in [9.17, 15) is 13.2 Å². The monoisotopic (exact) mass is 307 g/mol. The molecule has 0 spiro atoms. The maximum absolute atomic E-state index is 12.7. The van der Waals surface area contributed by atoms with E-state index in [4.69, 9.17) is 0 Å². The Balaban J connectivity index is 1.97. The number of halogens is 3. The molecule has 2 fully saturated rings. The van der Waals surface area contributed by atoms with Crippen LogP contribution in [0.3, 0.4) is 0 Å². The molecule has 1 unspecified atom stereocenters. The molecule has 3 nitrogen and oxygen atoms in total. The van der Waals surface area contributed by atoms with Crippen molar-refractivity contribution in [2.75, 3.05) is 32.7 Å². The molecule has 6 heteroatoms. The van der Waals surface area contributed by atoms with Crippen LogP contribution >= 0.6 is 0 Å². The van der Waals surface area contributed by atoms with Crippen LogP contribution in [0.2, 0.25) is 0 Å². The van der Waals surface area contributed by atoms with E-state index in [0.717, 1.165) is 13.0 Å². The van der Waals surface area contributed by atoms with Crippen molar-refractivity contribution in [1.29, 1.82) is 0 Å². The molecule has 0 saturated carbocycles. The van der Waals surface area contributed by atoms with Gasteiger partial charge in [-0.25, -0.2) is 4.90 Å². The van der Waals surface area contributed by atoms with Crippen molar-refractivity contribution in [3.63, 3.8) is 0 Å². The largest absolute Gasteiger partial charge is 0.460 e. The second-order valence-corrected chi connectivity index (χ2v) is 7.94. The van der Waals surface area contributed by atoms with Gasteiger partial charge in [-0.2, -0.15) is 13.2 Å².